The zero-order chi connectivity index (χ0) is 31.1. The molecule has 8 nitrogen and oxygen atoms in total. The van der Waals surface area contributed by atoms with Crippen molar-refractivity contribution in [1.82, 2.24) is 25.8 Å². The summed E-state index contributed by atoms with van der Waals surface area (Å²) in [7, 11) is 1.62. The topological polar surface area (TPSA) is 93.8 Å². The van der Waals surface area contributed by atoms with Crippen molar-refractivity contribution in [2.75, 3.05) is 33.2 Å². The van der Waals surface area contributed by atoms with Crippen molar-refractivity contribution >= 4 is 40.9 Å². The molecule has 4 rings (SSSR count). The first-order chi connectivity index (χ1) is 20.6. The average molecular weight is 635 g/mol. The second kappa shape index (κ2) is 14.8. The molecule has 3 atom stereocenters. The molecule has 2 fully saturated rings. The predicted molar refractivity (Wildman–Crippen MR) is 168 cm³/mol. The lowest BCUT2D eigenvalue weighted by Crippen LogP contribution is -2.63. The smallest absolute Gasteiger partial charge is 0.245 e. The highest BCUT2D eigenvalue weighted by atomic mass is 35.5. The lowest BCUT2D eigenvalue weighted by atomic mass is 9.98. The first-order valence-corrected chi connectivity index (χ1v) is 15.9. The molecule has 0 aromatic heterocycles. The molecule has 3 unspecified atom stereocenters. The Balaban J connectivity index is 1.55. The van der Waals surface area contributed by atoms with Crippen LogP contribution in [0.15, 0.2) is 42.5 Å². The molecule has 1 aliphatic carbocycles. The zero-order valence-electron chi connectivity index (χ0n) is 25.1. The van der Waals surface area contributed by atoms with E-state index in [0.717, 1.165) is 36.8 Å². The first kappa shape index (κ1) is 33.2. The van der Waals surface area contributed by atoms with Gasteiger partial charge in [-0.2, -0.15) is 0 Å². The summed E-state index contributed by atoms with van der Waals surface area (Å²) in [5.41, 5.74) is 0.946. The lowest BCUT2D eigenvalue weighted by molar-refractivity contribution is -0.142. The molecule has 1 aliphatic heterocycles. The Kier molecular flexibility index (Phi) is 11.5. The second-order valence-corrected chi connectivity index (χ2v) is 12.4. The normalized spacial score (nSPS) is 19.4. The van der Waals surface area contributed by atoms with Crippen LogP contribution in [0, 0.1) is 5.82 Å². The molecular weight excluding hydrogens is 592 g/mol. The summed E-state index contributed by atoms with van der Waals surface area (Å²) in [6.07, 6.45) is 3.68. The van der Waals surface area contributed by atoms with Crippen LogP contribution in [0.3, 0.4) is 0 Å². The maximum absolute atomic E-state index is 14.2. The van der Waals surface area contributed by atoms with Crippen LogP contribution in [0.1, 0.15) is 50.7 Å². The highest BCUT2D eigenvalue weighted by Crippen LogP contribution is 2.35. The van der Waals surface area contributed by atoms with E-state index >= 15 is 0 Å². The van der Waals surface area contributed by atoms with E-state index in [2.05, 4.69) is 27.8 Å². The van der Waals surface area contributed by atoms with Gasteiger partial charge >= 0.3 is 0 Å². The molecule has 2 aliphatic rings. The number of halogens is 3. The highest BCUT2D eigenvalue weighted by molar-refractivity contribution is 6.35. The van der Waals surface area contributed by atoms with Crippen molar-refractivity contribution in [2.45, 2.75) is 76.0 Å². The van der Waals surface area contributed by atoms with E-state index in [0.29, 0.717) is 42.6 Å². The van der Waals surface area contributed by atoms with Crippen LogP contribution < -0.4 is 16.0 Å². The zero-order valence-corrected chi connectivity index (χ0v) is 26.6. The van der Waals surface area contributed by atoms with Gasteiger partial charge in [0.1, 0.15) is 11.9 Å². The quantitative estimate of drug-likeness (QED) is 0.310. The van der Waals surface area contributed by atoms with Gasteiger partial charge in [-0.15, -0.1) is 0 Å². The molecule has 43 heavy (non-hydrogen) atoms. The molecule has 3 amide bonds. The van der Waals surface area contributed by atoms with Crippen LogP contribution >= 0.6 is 23.2 Å². The molecule has 234 valence electrons. The Morgan fingerprint density at radius 3 is 2.37 bits per heavy atom. The Morgan fingerprint density at radius 1 is 1.05 bits per heavy atom. The SMILES string of the molecule is CCCC1CN(C(Cc2ccc(Cl)cc2Cl)C(=O)NC)CCN1C(=O)C(Cc1ccc(F)cc1)NC(=O)C1(NCC)CC1. The number of carbonyl (C=O) groups excluding carboxylic acids is 3. The van der Waals surface area contributed by atoms with Crippen LogP contribution in [0.25, 0.3) is 0 Å². The van der Waals surface area contributed by atoms with Crippen molar-refractivity contribution in [1.29, 1.82) is 0 Å². The summed E-state index contributed by atoms with van der Waals surface area (Å²) < 4.78 is 13.6. The van der Waals surface area contributed by atoms with Gasteiger partial charge in [-0.3, -0.25) is 19.3 Å². The van der Waals surface area contributed by atoms with Crippen molar-refractivity contribution in [3.63, 3.8) is 0 Å². The summed E-state index contributed by atoms with van der Waals surface area (Å²) in [6, 6.07) is 9.86. The van der Waals surface area contributed by atoms with Crippen LogP contribution in [-0.4, -0.2) is 84.4 Å². The van der Waals surface area contributed by atoms with Gasteiger partial charge in [0.15, 0.2) is 0 Å². The number of likely N-dealkylation sites (N-methyl/N-ethyl adjacent to an activating group) is 2. The van der Waals surface area contributed by atoms with E-state index < -0.39 is 17.6 Å². The van der Waals surface area contributed by atoms with E-state index in [1.807, 2.05) is 17.9 Å². The van der Waals surface area contributed by atoms with E-state index in [-0.39, 0.29) is 36.0 Å². The number of rotatable bonds is 13. The molecule has 2 aromatic carbocycles. The van der Waals surface area contributed by atoms with Gasteiger partial charge in [-0.1, -0.05) is 61.7 Å². The van der Waals surface area contributed by atoms with Gasteiger partial charge < -0.3 is 20.9 Å². The number of nitrogens with zero attached hydrogens (tertiary/aromatic N) is 2. The van der Waals surface area contributed by atoms with E-state index in [1.54, 1.807) is 31.3 Å². The fraction of sp³-hybridized carbons (Fsp3) is 0.531. The second-order valence-electron chi connectivity index (χ2n) is 11.5. The molecule has 11 heteroatoms. The average Bonchev–Trinajstić information content (AvgIpc) is 3.78. The van der Waals surface area contributed by atoms with E-state index in [1.165, 1.54) is 12.1 Å². The largest absolute Gasteiger partial charge is 0.358 e. The molecule has 1 saturated heterocycles. The summed E-state index contributed by atoms with van der Waals surface area (Å²) in [4.78, 5) is 44.7. The summed E-state index contributed by atoms with van der Waals surface area (Å²) in [5.74, 6) is -0.828. The van der Waals surface area contributed by atoms with Gasteiger partial charge in [-0.25, -0.2) is 4.39 Å². The van der Waals surface area contributed by atoms with Crippen LogP contribution in [0.2, 0.25) is 10.0 Å². The fourth-order valence-corrected chi connectivity index (χ4v) is 6.47. The minimum atomic E-state index is -0.803. The Hall–Kier alpha value is -2.72. The number of benzene rings is 2. The molecule has 1 heterocycles. The van der Waals surface area contributed by atoms with Gasteiger partial charge in [-0.05, 0) is 67.6 Å². The molecule has 0 radical (unpaired) electrons. The molecule has 1 saturated carbocycles. The number of nitrogens with one attached hydrogen (secondary N) is 3. The molecular formula is C32H42Cl2FN5O3. The maximum Gasteiger partial charge on any atom is 0.245 e. The van der Waals surface area contributed by atoms with Gasteiger partial charge in [0.25, 0.3) is 0 Å². The third-order valence-electron chi connectivity index (χ3n) is 8.49. The van der Waals surface area contributed by atoms with E-state index in [4.69, 9.17) is 23.2 Å². The van der Waals surface area contributed by atoms with E-state index in [9.17, 15) is 18.8 Å². The molecule has 3 N–H and O–H groups in total. The van der Waals surface area contributed by atoms with Crippen LogP contribution in [0.4, 0.5) is 4.39 Å². The van der Waals surface area contributed by atoms with Crippen LogP contribution in [0.5, 0.6) is 0 Å². The van der Waals surface area contributed by atoms with Crippen molar-refractivity contribution < 1.29 is 18.8 Å². The lowest BCUT2D eigenvalue weighted by Gasteiger charge is -2.45. The Morgan fingerprint density at radius 2 is 1.77 bits per heavy atom. The predicted octanol–water partition coefficient (Wildman–Crippen LogP) is 3.97. The van der Waals surface area contributed by atoms with Crippen molar-refractivity contribution in [3.8, 4) is 0 Å². The van der Waals surface area contributed by atoms with Crippen molar-refractivity contribution in [2.24, 2.45) is 0 Å². The standard InChI is InChI=1S/C32H42Cl2FN5O3/c1-4-6-25-20-39(28(29(41)36-3)18-22-9-10-23(33)19-26(22)34)15-16-40(25)30(42)27(17-21-7-11-24(35)12-8-21)38-31(43)32(13-14-32)37-5-2/h7-12,19,25,27-28,37H,4-6,13-18,20H2,1-3H3,(H,36,41)(H,38,43). The molecule has 0 bridgehead atoms. The van der Waals surface area contributed by atoms with Crippen molar-refractivity contribution in [3.05, 3.63) is 69.5 Å². The third-order valence-corrected chi connectivity index (χ3v) is 9.08. The number of amides is 3. The molecule has 2 aromatic rings. The minimum absolute atomic E-state index is 0.124. The van der Waals surface area contributed by atoms with Gasteiger partial charge in [0.05, 0.1) is 11.6 Å². The summed E-state index contributed by atoms with van der Waals surface area (Å²) >= 11 is 12.6. The number of piperazine rings is 1. The molecule has 0 spiro atoms. The Labute approximate surface area is 263 Å². The maximum atomic E-state index is 14.2. The van der Waals surface area contributed by atoms with Crippen LogP contribution in [-0.2, 0) is 27.2 Å². The minimum Gasteiger partial charge on any atom is -0.358 e. The van der Waals surface area contributed by atoms with Gasteiger partial charge in [0, 0.05) is 49.2 Å². The monoisotopic (exact) mass is 633 g/mol. The highest BCUT2D eigenvalue weighted by Gasteiger charge is 2.50. The number of carbonyl (C=O) groups is 3. The van der Waals surface area contributed by atoms with Gasteiger partial charge in [0.2, 0.25) is 17.7 Å². The third kappa shape index (κ3) is 8.26. The number of hydrogen-bond donors (Lipinski definition) is 3. The summed E-state index contributed by atoms with van der Waals surface area (Å²) in [5, 5.41) is 10.1. The Bertz CT molecular complexity index is 1290. The fourth-order valence-electron chi connectivity index (χ4n) is 5.98. The number of hydrogen-bond acceptors (Lipinski definition) is 5. The first-order valence-electron chi connectivity index (χ1n) is 15.1. The summed E-state index contributed by atoms with van der Waals surface area (Å²) in [6.45, 7) is 6.06.